The topological polar surface area (TPSA) is 65.8 Å². The molecule has 3 heterocycles. The lowest BCUT2D eigenvalue weighted by Gasteiger charge is -2.50. The minimum atomic E-state index is -0.174. The van der Waals surface area contributed by atoms with Gasteiger partial charge in [0.25, 0.3) is 5.70 Å². The van der Waals surface area contributed by atoms with E-state index in [9.17, 15) is 10.1 Å². The summed E-state index contributed by atoms with van der Waals surface area (Å²) in [6.07, 6.45) is 6.28. The van der Waals surface area contributed by atoms with Gasteiger partial charge in [-0.05, 0) is 36.8 Å². The smallest absolute Gasteiger partial charge is 0.300 e. The van der Waals surface area contributed by atoms with E-state index in [1.807, 2.05) is 6.07 Å². The Labute approximate surface area is 164 Å². The summed E-state index contributed by atoms with van der Waals surface area (Å²) in [6, 6.07) is 4.13. The average molecular weight is 392 g/mol. The van der Waals surface area contributed by atoms with E-state index in [2.05, 4.69) is 26.6 Å². The van der Waals surface area contributed by atoms with Crippen molar-refractivity contribution in [2.75, 3.05) is 26.3 Å². The zero-order valence-electron chi connectivity index (χ0n) is 15.7. The molecule has 2 fully saturated rings. The van der Waals surface area contributed by atoms with Crippen LogP contribution in [0.5, 0.6) is 0 Å². The van der Waals surface area contributed by atoms with Crippen molar-refractivity contribution in [1.29, 1.82) is 0 Å². The van der Waals surface area contributed by atoms with Crippen molar-refractivity contribution < 1.29 is 4.92 Å². The van der Waals surface area contributed by atoms with Gasteiger partial charge in [0.2, 0.25) is 0 Å². The van der Waals surface area contributed by atoms with Gasteiger partial charge in [-0.25, -0.2) is 4.98 Å². The summed E-state index contributed by atoms with van der Waals surface area (Å²) in [6.45, 7) is 5.76. The van der Waals surface area contributed by atoms with Crippen LogP contribution in [0.3, 0.4) is 0 Å². The fraction of sp³-hybridized carbons (Fsp3) is 0.632. The first-order chi connectivity index (χ1) is 13.1. The Balaban J connectivity index is 1.71. The summed E-state index contributed by atoms with van der Waals surface area (Å²) in [5.41, 5.74) is 1.38. The largest absolute Gasteiger partial charge is 0.345 e. The monoisotopic (exact) mass is 391 g/mol. The SMILES string of the molecule is CCCN1CC([N+](=O)[O-])=C2N(CC3CCCC3N2Cc2ccc(Cl)nc2)C1. The van der Waals surface area contributed by atoms with Crippen molar-refractivity contribution in [2.24, 2.45) is 5.92 Å². The van der Waals surface area contributed by atoms with E-state index in [1.54, 1.807) is 12.3 Å². The van der Waals surface area contributed by atoms with Gasteiger partial charge in [-0.1, -0.05) is 31.0 Å². The number of nitro groups is 1. The third-order valence-corrected chi connectivity index (χ3v) is 6.17. The van der Waals surface area contributed by atoms with Gasteiger partial charge in [-0.15, -0.1) is 0 Å². The Hall–Kier alpha value is -1.86. The van der Waals surface area contributed by atoms with E-state index in [1.165, 1.54) is 12.8 Å². The highest BCUT2D eigenvalue weighted by molar-refractivity contribution is 6.29. The van der Waals surface area contributed by atoms with Crippen LogP contribution in [0.15, 0.2) is 29.8 Å². The van der Waals surface area contributed by atoms with Crippen molar-refractivity contribution >= 4 is 11.6 Å². The molecule has 27 heavy (non-hydrogen) atoms. The Kier molecular flexibility index (Phi) is 5.23. The van der Waals surface area contributed by atoms with Crippen LogP contribution in [0, 0.1) is 16.0 Å². The highest BCUT2D eigenvalue weighted by Crippen LogP contribution is 2.41. The molecule has 0 aromatic carbocycles. The molecule has 8 heteroatoms. The number of pyridine rings is 1. The minimum Gasteiger partial charge on any atom is -0.345 e. The van der Waals surface area contributed by atoms with Crippen molar-refractivity contribution in [3.05, 3.63) is 50.7 Å². The van der Waals surface area contributed by atoms with Crippen molar-refractivity contribution in [1.82, 2.24) is 19.7 Å². The van der Waals surface area contributed by atoms with Gasteiger partial charge in [0.1, 0.15) is 5.15 Å². The molecule has 0 radical (unpaired) electrons. The molecule has 0 N–H and O–H groups in total. The van der Waals surface area contributed by atoms with Crippen molar-refractivity contribution in [3.63, 3.8) is 0 Å². The number of hydrogen-bond acceptors (Lipinski definition) is 6. The first-order valence-electron chi connectivity index (χ1n) is 9.78. The van der Waals surface area contributed by atoms with E-state index in [0.717, 1.165) is 44.0 Å². The number of nitrogens with zero attached hydrogens (tertiary/aromatic N) is 5. The fourth-order valence-corrected chi connectivity index (χ4v) is 5.00. The summed E-state index contributed by atoms with van der Waals surface area (Å²) in [5.74, 6) is 1.40. The molecule has 0 amide bonds. The zero-order valence-corrected chi connectivity index (χ0v) is 16.4. The van der Waals surface area contributed by atoms with E-state index in [4.69, 9.17) is 11.6 Å². The van der Waals surface area contributed by atoms with E-state index < -0.39 is 0 Å². The maximum Gasteiger partial charge on any atom is 0.300 e. The van der Waals surface area contributed by atoms with Gasteiger partial charge in [0.05, 0.1) is 18.1 Å². The number of rotatable bonds is 5. The van der Waals surface area contributed by atoms with Crippen molar-refractivity contribution in [2.45, 2.75) is 45.2 Å². The second-order valence-corrected chi connectivity index (χ2v) is 8.21. The van der Waals surface area contributed by atoms with Crippen LogP contribution in [-0.4, -0.2) is 57.0 Å². The van der Waals surface area contributed by atoms with Crippen LogP contribution in [0.25, 0.3) is 0 Å². The number of aromatic nitrogens is 1. The lowest BCUT2D eigenvalue weighted by molar-refractivity contribution is -0.434. The second-order valence-electron chi connectivity index (χ2n) is 7.82. The van der Waals surface area contributed by atoms with Gasteiger partial charge < -0.3 is 9.80 Å². The van der Waals surface area contributed by atoms with Crippen LogP contribution in [-0.2, 0) is 6.54 Å². The second kappa shape index (κ2) is 7.64. The predicted octanol–water partition coefficient (Wildman–Crippen LogP) is 3.15. The molecule has 4 rings (SSSR count). The molecule has 2 aliphatic heterocycles. The fourth-order valence-electron chi connectivity index (χ4n) is 4.89. The molecule has 1 aromatic rings. The molecular formula is C19H26ClN5O2. The molecule has 1 saturated carbocycles. The van der Waals surface area contributed by atoms with Gasteiger partial charge in [0.15, 0.2) is 5.82 Å². The highest BCUT2D eigenvalue weighted by atomic mass is 35.5. The molecular weight excluding hydrogens is 366 g/mol. The van der Waals surface area contributed by atoms with Gasteiger partial charge >= 0.3 is 0 Å². The maximum atomic E-state index is 11.9. The quantitative estimate of drug-likeness (QED) is 0.436. The summed E-state index contributed by atoms with van der Waals surface area (Å²) >= 11 is 5.93. The molecule has 7 nitrogen and oxygen atoms in total. The van der Waals surface area contributed by atoms with Crippen molar-refractivity contribution in [3.8, 4) is 0 Å². The summed E-state index contributed by atoms with van der Waals surface area (Å²) in [5, 5.41) is 12.4. The minimum absolute atomic E-state index is 0.174. The molecule has 0 spiro atoms. The van der Waals surface area contributed by atoms with E-state index in [-0.39, 0.29) is 4.92 Å². The molecule has 3 aliphatic rings. The lowest BCUT2D eigenvalue weighted by atomic mass is 9.96. The van der Waals surface area contributed by atoms with Crippen LogP contribution >= 0.6 is 11.6 Å². The van der Waals surface area contributed by atoms with Crippen LogP contribution < -0.4 is 0 Å². The first-order valence-corrected chi connectivity index (χ1v) is 10.2. The van der Waals surface area contributed by atoms with Gasteiger partial charge in [-0.2, -0.15) is 0 Å². The first kappa shape index (κ1) is 18.5. The third kappa shape index (κ3) is 3.62. The summed E-state index contributed by atoms with van der Waals surface area (Å²) in [4.78, 5) is 22.7. The van der Waals surface area contributed by atoms with E-state index >= 15 is 0 Å². The Morgan fingerprint density at radius 3 is 2.93 bits per heavy atom. The zero-order chi connectivity index (χ0) is 19.0. The molecule has 1 aliphatic carbocycles. The Morgan fingerprint density at radius 2 is 2.22 bits per heavy atom. The molecule has 2 atom stereocenters. The molecule has 0 bridgehead atoms. The maximum absolute atomic E-state index is 11.9. The van der Waals surface area contributed by atoms with Gasteiger partial charge in [0, 0.05) is 31.9 Å². The van der Waals surface area contributed by atoms with Crippen LogP contribution in [0.2, 0.25) is 5.15 Å². The standard InChI is InChI=1S/C19H26ClN5O2/c1-2-8-22-12-17(25(26)27)19-23(13-22)11-15-4-3-5-16(15)24(19)10-14-6-7-18(20)21-9-14/h6-7,9,15-16H,2-5,8,10-13H2,1H3. The third-order valence-electron chi connectivity index (χ3n) is 5.95. The lowest BCUT2D eigenvalue weighted by Crippen LogP contribution is -2.58. The Morgan fingerprint density at radius 1 is 1.37 bits per heavy atom. The van der Waals surface area contributed by atoms with Crippen LogP contribution in [0.4, 0.5) is 0 Å². The number of fused-ring (bicyclic) bond motifs is 2. The van der Waals surface area contributed by atoms with E-state index in [0.29, 0.717) is 35.9 Å². The molecule has 146 valence electrons. The van der Waals surface area contributed by atoms with Crippen LogP contribution in [0.1, 0.15) is 38.2 Å². The molecule has 1 aromatic heterocycles. The molecule has 2 unspecified atom stereocenters. The van der Waals surface area contributed by atoms with Gasteiger partial charge in [-0.3, -0.25) is 15.0 Å². The Bertz CT molecular complexity index is 738. The summed E-state index contributed by atoms with van der Waals surface area (Å²) < 4.78 is 0. The molecule has 1 saturated heterocycles. The number of halogens is 1. The summed E-state index contributed by atoms with van der Waals surface area (Å²) in [7, 11) is 0. The predicted molar refractivity (Wildman–Crippen MR) is 103 cm³/mol. The normalized spacial score (nSPS) is 25.6. The number of hydrogen-bond donors (Lipinski definition) is 0. The average Bonchev–Trinajstić information content (AvgIpc) is 3.11. The highest BCUT2D eigenvalue weighted by Gasteiger charge is 2.46.